The summed E-state index contributed by atoms with van der Waals surface area (Å²) in [6.45, 7) is 2.56. The third-order valence-electron chi connectivity index (χ3n) is 5.25. The lowest BCUT2D eigenvalue weighted by Crippen LogP contribution is -2.45. The molecule has 2 aromatic rings. The molecule has 0 spiro atoms. The van der Waals surface area contributed by atoms with Gasteiger partial charge in [0.05, 0.1) is 4.90 Å². The molecular weight excluding hydrogens is 438 g/mol. The second-order valence-corrected chi connectivity index (χ2v) is 9.91. The van der Waals surface area contributed by atoms with E-state index < -0.39 is 21.8 Å². The molecule has 0 saturated carbocycles. The number of hydrogen-bond acceptors (Lipinski definition) is 4. The Bertz CT molecular complexity index is 1040. The number of anilines is 1. The lowest BCUT2D eigenvalue weighted by molar-refractivity contribution is -0.136. The van der Waals surface area contributed by atoms with E-state index in [-0.39, 0.29) is 17.5 Å². The van der Waals surface area contributed by atoms with Gasteiger partial charge in [0.25, 0.3) is 0 Å². The summed E-state index contributed by atoms with van der Waals surface area (Å²) in [6.07, 6.45) is 2.88. The maximum Gasteiger partial charge on any atom is 0.313 e. The lowest BCUT2D eigenvalue weighted by atomic mass is 10.0. The highest BCUT2D eigenvalue weighted by molar-refractivity contribution is 7.89. The van der Waals surface area contributed by atoms with Crippen molar-refractivity contribution in [3.63, 3.8) is 0 Å². The zero-order valence-corrected chi connectivity index (χ0v) is 18.9. The van der Waals surface area contributed by atoms with Crippen LogP contribution in [0.4, 0.5) is 5.69 Å². The van der Waals surface area contributed by atoms with E-state index >= 15 is 0 Å². The fourth-order valence-electron chi connectivity index (χ4n) is 3.61. The zero-order chi connectivity index (χ0) is 22.4. The van der Waals surface area contributed by atoms with Crippen LogP contribution in [0.2, 0.25) is 5.02 Å². The summed E-state index contributed by atoms with van der Waals surface area (Å²) in [4.78, 5) is 24.5. The minimum atomic E-state index is -3.61. The van der Waals surface area contributed by atoms with Gasteiger partial charge >= 0.3 is 11.8 Å². The van der Waals surface area contributed by atoms with Gasteiger partial charge < -0.3 is 10.6 Å². The molecular formula is C22H26ClN3O4S. The van der Waals surface area contributed by atoms with Gasteiger partial charge in [-0.05, 0) is 56.5 Å². The van der Waals surface area contributed by atoms with Crippen molar-refractivity contribution in [2.24, 2.45) is 0 Å². The molecule has 1 heterocycles. The quantitative estimate of drug-likeness (QED) is 0.642. The van der Waals surface area contributed by atoms with E-state index in [4.69, 9.17) is 11.6 Å². The summed E-state index contributed by atoms with van der Waals surface area (Å²) in [6, 6.07) is 13.1. The standard InChI is InChI=1S/C22H26ClN3O4S/c1-16-8-10-20(11-9-16)31(29,30)26-14-3-2-7-19(26)12-13-24-21(27)22(28)25-18-6-4-5-17(23)15-18/h4-6,8-11,15,19H,2-3,7,12-14H2,1H3,(H,24,27)(H,25,28)/t19-/m0/s1. The van der Waals surface area contributed by atoms with E-state index in [1.807, 2.05) is 6.92 Å². The van der Waals surface area contributed by atoms with Gasteiger partial charge in [-0.15, -0.1) is 0 Å². The number of hydrogen-bond donors (Lipinski definition) is 2. The average molecular weight is 464 g/mol. The Hall–Kier alpha value is -2.42. The van der Waals surface area contributed by atoms with E-state index in [1.54, 1.807) is 48.5 Å². The molecule has 0 aliphatic carbocycles. The molecule has 2 aromatic carbocycles. The van der Waals surface area contributed by atoms with Crippen molar-refractivity contribution in [1.29, 1.82) is 0 Å². The van der Waals surface area contributed by atoms with Crippen LogP contribution < -0.4 is 10.6 Å². The number of sulfonamides is 1. The number of aryl methyl sites for hydroxylation is 1. The third-order valence-corrected chi connectivity index (χ3v) is 7.45. The van der Waals surface area contributed by atoms with Gasteiger partial charge in [-0.3, -0.25) is 9.59 Å². The molecule has 0 radical (unpaired) electrons. The SMILES string of the molecule is Cc1ccc(S(=O)(=O)N2CCCC[C@H]2CCNC(=O)C(=O)Nc2cccc(Cl)c2)cc1. The van der Waals surface area contributed by atoms with Crippen LogP contribution in [-0.2, 0) is 19.6 Å². The molecule has 9 heteroatoms. The Balaban J connectivity index is 1.57. The summed E-state index contributed by atoms with van der Waals surface area (Å²) in [5.74, 6) is -1.57. The highest BCUT2D eigenvalue weighted by Crippen LogP contribution is 2.27. The predicted octanol–water partition coefficient (Wildman–Crippen LogP) is 3.34. The number of rotatable bonds is 6. The third kappa shape index (κ3) is 6.06. The molecule has 1 saturated heterocycles. The zero-order valence-electron chi connectivity index (χ0n) is 17.3. The number of carbonyl (C=O) groups excluding carboxylic acids is 2. The Morgan fingerprint density at radius 2 is 1.84 bits per heavy atom. The largest absolute Gasteiger partial charge is 0.348 e. The Kier molecular flexibility index (Phi) is 7.69. The summed E-state index contributed by atoms with van der Waals surface area (Å²) in [5, 5.41) is 5.52. The van der Waals surface area contributed by atoms with Crippen LogP contribution in [0.15, 0.2) is 53.4 Å². The normalized spacial score (nSPS) is 17.2. The van der Waals surface area contributed by atoms with E-state index in [2.05, 4.69) is 10.6 Å². The van der Waals surface area contributed by atoms with Gasteiger partial charge in [-0.2, -0.15) is 4.31 Å². The van der Waals surface area contributed by atoms with Gasteiger partial charge in [0, 0.05) is 29.8 Å². The highest BCUT2D eigenvalue weighted by atomic mass is 35.5. The molecule has 2 amide bonds. The summed E-state index contributed by atoms with van der Waals surface area (Å²) in [7, 11) is -3.61. The predicted molar refractivity (Wildman–Crippen MR) is 120 cm³/mol. The Morgan fingerprint density at radius 3 is 2.55 bits per heavy atom. The van der Waals surface area contributed by atoms with Gasteiger partial charge in [0.2, 0.25) is 10.0 Å². The molecule has 0 unspecified atom stereocenters. The number of halogens is 1. The van der Waals surface area contributed by atoms with Crippen molar-refractivity contribution in [3.8, 4) is 0 Å². The van der Waals surface area contributed by atoms with Crippen molar-refractivity contribution in [1.82, 2.24) is 9.62 Å². The van der Waals surface area contributed by atoms with Crippen LogP contribution in [0.5, 0.6) is 0 Å². The Labute approximate surface area is 187 Å². The van der Waals surface area contributed by atoms with Crippen LogP contribution in [0.1, 0.15) is 31.2 Å². The molecule has 2 N–H and O–H groups in total. The molecule has 7 nitrogen and oxygen atoms in total. The molecule has 0 bridgehead atoms. The van der Waals surface area contributed by atoms with Crippen molar-refractivity contribution >= 4 is 39.1 Å². The van der Waals surface area contributed by atoms with Gasteiger partial charge in [0.1, 0.15) is 0 Å². The van der Waals surface area contributed by atoms with Crippen LogP contribution >= 0.6 is 11.6 Å². The van der Waals surface area contributed by atoms with Crippen LogP contribution in [0, 0.1) is 6.92 Å². The van der Waals surface area contributed by atoms with Crippen molar-refractivity contribution < 1.29 is 18.0 Å². The molecule has 166 valence electrons. The average Bonchev–Trinajstić information content (AvgIpc) is 2.74. The fourth-order valence-corrected chi connectivity index (χ4v) is 5.53. The van der Waals surface area contributed by atoms with Crippen molar-refractivity contribution in [3.05, 3.63) is 59.1 Å². The first-order valence-electron chi connectivity index (χ1n) is 10.2. The van der Waals surface area contributed by atoms with Gasteiger partial charge in [0.15, 0.2) is 0 Å². The maximum atomic E-state index is 13.1. The molecule has 1 aliphatic heterocycles. The van der Waals surface area contributed by atoms with Gasteiger partial charge in [-0.25, -0.2) is 8.42 Å². The number of amides is 2. The number of piperidine rings is 1. The topological polar surface area (TPSA) is 95.6 Å². The van der Waals surface area contributed by atoms with E-state index in [1.165, 1.54) is 4.31 Å². The second kappa shape index (κ2) is 10.3. The maximum absolute atomic E-state index is 13.1. The number of benzene rings is 2. The van der Waals surface area contributed by atoms with Crippen LogP contribution in [0.3, 0.4) is 0 Å². The molecule has 31 heavy (non-hydrogen) atoms. The van der Waals surface area contributed by atoms with E-state index in [0.717, 1.165) is 24.8 Å². The molecule has 0 aromatic heterocycles. The molecule has 1 aliphatic rings. The minimum absolute atomic E-state index is 0.201. The first-order chi connectivity index (χ1) is 14.8. The first-order valence-corrected chi connectivity index (χ1v) is 12.0. The van der Waals surface area contributed by atoms with E-state index in [0.29, 0.717) is 23.7 Å². The second-order valence-electron chi connectivity index (χ2n) is 7.59. The highest BCUT2D eigenvalue weighted by Gasteiger charge is 2.33. The molecule has 1 atom stereocenters. The number of nitrogens with one attached hydrogen (secondary N) is 2. The number of nitrogens with zero attached hydrogens (tertiary/aromatic N) is 1. The lowest BCUT2D eigenvalue weighted by Gasteiger charge is -2.34. The smallest absolute Gasteiger partial charge is 0.313 e. The van der Waals surface area contributed by atoms with Crippen LogP contribution in [0.25, 0.3) is 0 Å². The Morgan fingerprint density at radius 1 is 1.10 bits per heavy atom. The molecule has 3 rings (SSSR count). The minimum Gasteiger partial charge on any atom is -0.348 e. The van der Waals surface area contributed by atoms with Crippen molar-refractivity contribution in [2.75, 3.05) is 18.4 Å². The molecule has 1 fully saturated rings. The summed E-state index contributed by atoms with van der Waals surface area (Å²) < 4.78 is 27.7. The van der Waals surface area contributed by atoms with Crippen molar-refractivity contribution in [2.45, 2.75) is 43.5 Å². The first kappa shape index (κ1) is 23.2. The van der Waals surface area contributed by atoms with E-state index in [9.17, 15) is 18.0 Å². The number of carbonyl (C=O) groups is 2. The fraction of sp³-hybridized carbons (Fsp3) is 0.364. The summed E-state index contributed by atoms with van der Waals surface area (Å²) in [5.41, 5.74) is 1.42. The van der Waals surface area contributed by atoms with Gasteiger partial charge in [-0.1, -0.05) is 41.8 Å². The summed E-state index contributed by atoms with van der Waals surface area (Å²) >= 11 is 5.87. The van der Waals surface area contributed by atoms with Crippen LogP contribution in [-0.4, -0.2) is 43.7 Å². The monoisotopic (exact) mass is 463 g/mol.